The second kappa shape index (κ2) is 20.1. The summed E-state index contributed by atoms with van der Waals surface area (Å²) in [4.78, 5) is 77.3. The van der Waals surface area contributed by atoms with Crippen molar-refractivity contribution in [2.45, 2.75) is 77.3 Å². The number of ether oxygens (including phenoxy) is 1. The smallest absolute Gasteiger partial charge is 0.355 e. The van der Waals surface area contributed by atoms with Crippen molar-refractivity contribution in [3.8, 4) is 16.9 Å². The van der Waals surface area contributed by atoms with E-state index in [0.29, 0.717) is 77.7 Å². The minimum atomic E-state index is -1.12. The minimum Gasteiger partial charge on any atom is -0.494 e. The fourth-order valence-electron chi connectivity index (χ4n) is 10.4. The molecule has 16 nitrogen and oxygen atoms in total. The van der Waals surface area contributed by atoms with Crippen LogP contribution in [0.5, 0.6) is 5.75 Å². The van der Waals surface area contributed by atoms with Crippen molar-refractivity contribution < 1.29 is 33.8 Å². The number of amides is 4. The van der Waals surface area contributed by atoms with Crippen molar-refractivity contribution in [1.29, 1.82) is 0 Å². The number of benzene rings is 4. The number of imide groups is 1. The number of aromatic carboxylic acids is 1. The molecule has 6 heterocycles. The SMILES string of the molecule is Cc1cc(OCCCC2CCN(CC(=O)Nc3ccc4c(C5CCC(=O)NC5=O)nn(C)c4c3)[C@@H](C)C2)ccc1-c1ccc(N2CCc3cccc(C(=O)Nc4nc5ccccc5s4)c3C2)nc1C(=O)O. The van der Waals surface area contributed by atoms with Crippen molar-refractivity contribution in [2.24, 2.45) is 13.0 Å². The molecule has 17 heteroatoms. The lowest BCUT2D eigenvalue weighted by Crippen LogP contribution is -2.44. The first-order valence-electron chi connectivity index (χ1n) is 24.2. The zero-order chi connectivity index (χ0) is 49.3. The number of piperidine rings is 2. The van der Waals surface area contributed by atoms with Gasteiger partial charge in [0.05, 0.1) is 40.5 Å². The van der Waals surface area contributed by atoms with Crippen LogP contribution in [0.15, 0.2) is 91.0 Å². The molecule has 0 aliphatic carbocycles. The summed E-state index contributed by atoms with van der Waals surface area (Å²) in [5.74, 6) is -0.775. The van der Waals surface area contributed by atoms with E-state index in [-0.39, 0.29) is 48.3 Å². The molecule has 0 spiro atoms. The van der Waals surface area contributed by atoms with E-state index in [1.807, 2.05) is 110 Å². The Hall–Kier alpha value is -7.50. The molecule has 3 aliphatic rings. The number of carbonyl (C=O) groups is 5. The maximum Gasteiger partial charge on any atom is 0.355 e. The lowest BCUT2D eigenvalue weighted by Gasteiger charge is -2.37. The molecule has 0 bridgehead atoms. The summed E-state index contributed by atoms with van der Waals surface area (Å²) in [5, 5.41) is 24.8. The van der Waals surface area contributed by atoms with Gasteiger partial charge in [0.25, 0.3) is 5.91 Å². The zero-order valence-corrected chi connectivity index (χ0v) is 40.7. The van der Waals surface area contributed by atoms with Crippen LogP contribution in [0.1, 0.15) is 94.6 Å². The van der Waals surface area contributed by atoms with Gasteiger partial charge >= 0.3 is 5.97 Å². The predicted octanol–water partition coefficient (Wildman–Crippen LogP) is 8.49. The Balaban J connectivity index is 0.701. The van der Waals surface area contributed by atoms with E-state index < -0.39 is 11.9 Å². The second-order valence-corrected chi connectivity index (χ2v) is 19.9. The largest absolute Gasteiger partial charge is 0.494 e. The predicted molar refractivity (Wildman–Crippen MR) is 273 cm³/mol. The number of carbonyl (C=O) groups excluding carboxylic acids is 4. The Morgan fingerprint density at radius 2 is 1.76 bits per heavy atom. The fourth-order valence-corrected chi connectivity index (χ4v) is 11.3. The third kappa shape index (κ3) is 10.1. The molecule has 10 rings (SSSR count). The van der Waals surface area contributed by atoms with Gasteiger partial charge in [-0.25, -0.2) is 14.8 Å². The fraction of sp³-hybridized carbons (Fsp3) is 0.333. The van der Waals surface area contributed by atoms with E-state index in [2.05, 4.69) is 37.9 Å². The van der Waals surface area contributed by atoms with Gasteiger partial charge in [-0.3, -0.25) is 39.4 Å². The first kappa shape index (κ1) is 47.2. The summed E-state index contributed by atoms with van der Waals surface area (Å²) < 4.78 is 8.91. The molecular formula is C54H55N9O7S. The Kier molecular flexibility index (Phi) is 13.3. The van der Waals surface area contributed by atoms with Crippen LogP contribution in [0.2, 0.25) is 0 Å². The van der Waals surface area contributed by atoms with Gasteiger partial charge in [-0.05, 0) is 148 Å². The molecule has 4 aromatic carbocycles. The van der Waals surface area contributed by atoms with Crippen LogP contribution in [-0.2, 0) is 34.4 Å². The van der Waals surface area contributed by atoms with Crippen LogP contribution in [0.25, 0.3) is 32.2 Å². The molecule has 4 N–H and O–H groups in total. The summed E-state index contributed by atoms with van der Waals surface area (Å²) in [5.41, 5.74) is 7.54. The number of aryl methyl sites for hydroxylation is 2. The summed E-state index contributed by atoms with van der Waals surface area (Å²) in [6.45, 7) is 6.80. The summed E-state index contributed by atoms with van der Waals surface area (Å²) in [6.07, 6.45) is 5.23. The van der Waals surface area contributed by atoms with Crippen molar-refractivity contribution in [2.75, 3.05) is 41.8 Å². The highest BCUT2D eigenvalue weighted by Gasteiger charge is 2.32. The van der Waals surface area contributed by atoms with Gasteiger partial charge in [-0.15, -0.1) is 0 Å². The van der Waals surface area contributed by atoms with E-state index in [0.717, 1.165) is 75.6 Å². The highest BCUT2D eigenvalue weighted by Crippen LogP contribution is 2.35. The number of hydrogen-bond acceptors (Lipinski definition) is 12. The van der Waals surface area contributed by atoms with Crippen molar-refractivity contribution in [3.05, 3.63) is 125 Å². The average Bonchev–Trinajstić information content (AvgIpc) is 3.92. The van der Waals surface area contributed by atoms with E-state index >= 15 is 0 Å². The van der Waals surface area contributed by atoms with Crippen molar-refractivity contribution >= 4 is 78.7 Å². The molecule has 71 heavy (non-hydrogen) atoms. The Labute approximate surface area is 414 Å². The van der Waals surface area contributed by atoms with E-state index in [1.54, 1.807) is 4.68 Å². The number of hydrogen-bond donors (Lipinski definition) is 4. The minimum absolute atomic E-state index is 0.0427. The topological polar surface area (TPSA) is 201 Å². The maximum absolute atomic E-state index is 13.6. The lowest BCUT2D eigenvalue weighted by molar-refractivity contribution is -0.134. The molecule has 0 radical (unpaired) electrons. The van der Waals surface area contributed by atoms with Crippen LogP contribution in [0, 0.1) is 12.8 Å². The first-order valence-corrected chi connectivity index (χ1v) is 25.0. The van der Waals surface area contributed by atoms with Crippen LogP contribution >= 0.6 is 11.3 Å². The van der Waals surface area contributed by atoms with Gasteiger partial charge in [-0.1, -0.05) is 41.7 Å². The third-order valence-corrected chi connectivity index (χ3v) is 15.1. The van der Waals surface area contributed by atoms with Gasteiger partial charge in [0.2, 0.25) is 17.7 Å². The number of anilines is 3. The average molecular weight is 974 g/mol. The Morgan fingerprint density at radius 3 is 2.56 bits per heavy atom. The third-order valence-electron chi connectivity index (χ3n) is 14.2. The summed E-state index contributed by atoms with van der Waals surface area (Å²) in [6, 6.07) is 28.7. The number of carboxylic acid groups (broad SMARTS) is 1. The van der Waals surface area contributed by atoms with Gasteiger partial charge in [0.15, 0.2) is 10.8 Å². The first-order chi connectivity index (χ1) is 34.3. The van der Waals surface area contributed by atoms with E-state index in [4.69, 9.17) is 9.72 Å². The number of rotatable bonds is 14. The van der Waals surface area contributed by atoms with Gasteiger partial charge in [0.1, 0.15) is 11.6 Å². The molecule has 3 aromatic heterocycles. The van der Waals surface area contributed by atoms with Gasteiger partial charge < -0.3 is 20.1 Å². The number of likely N-dealkylation sites (tertiary alicyclic amines) is 1. The molecule has 3 atom stereocenters. The van der Waals surface area contributed by atoms with E-state index in [1.165, 1.54) is 11.3 Å². The van der Waals surface area contributed by atoms with Crippen LogP contribution in [0.4, 0.5) is 16.6 Å². The highest BCUT2D eigenvalue weighted by atomic mass is 32.1. The Morgan fingerprint density at radius 1 is 0.915 bits per heavy atom. The molecular weight excluding hydrogens is 919 g/mol. The number of aromatic nitrogens is 4. The molecule has 3 aliphatic heterocycles. The molecule has 0 saturated carbocycles. The number of nitrogens with one attached hydrogen (secondary N) is 3. The standard InChI is InChI=1S/C54H55N9O7S/c1-31-26-36(70-25-7-8-33-21-23-62(32(2)27-33)30-48(65)55-35-13-15-40-44(28-35)61(3)60-49(40)41-18-20-47(64)58-52(41)67)14-16-37(31)38-17-19-46(57-50(38)53(68)69)63-24-22-34-9-6-10-39(42(34)29-63)51(66)59-54-56-43-11-4-5-12-45(43)71-54/h4-6,9-17,19,26,28,32-33,41H,7-8,18,20-25,27,29-30H2,1-3H3,(H,55,65)(H,68,69)(H,56,59,66)(H,58,64,67)/t32-,33?,41?/m0/s1. The molecule has 4 amide bonds. The van der Waals surface area contributed by atoms with Crippen molar-refractivity contribution in [3.63, 3.8) is 0 Å². The van der Waals surface area contributed by atoms with E-state index in [9.17, 15) is 29.1 Å². The Bertz CT molecular complexity index is 3210. The van der Waals surface area contributed by atoms with Crippen LogP contribution in [-0.4, -0.2) is 91.6 Å². The quantitative estimate of drug-likeness (QED) is 0.0599. The molecule has 2 unspecified atom stereocenters. The molecule has 2 fully saturated rings. The lowest BCUT2D eigenvalue weighted by atomic mass is 9.88. The van der Waals surface area contributed by atoms with Crippen LogP contribution < -0.4 is 25.6 Å². The molecule has 7 aromatic rings. The number of pyridine rings is 1. The monoisotopic (exact) mass is 973 g/mol. The molecule has 364 valence electrons. The highest BCUT2D eigenvalue weighted by molar-refractivity contribution is 7.22. The number of nitrogens with zero attached hydrogens (tertiary/aromatic N) is 6. The van der Waals surface area contributed by atoms with Gasteiger partial charge in [0, 0.05) is 54.8 Å². The van der Waals surface area contributed by atoms with Crippen molar-refractivity contribution in [1.82, 2.24) is 30.0 Å². The number of para-hydroxylation sites is 1. The second-order valence-electron chi connectivity index (χ2n) is 18.9. The molecule has 2 saturated heterocycles. The van der Waals surface area contributed by atoms with Crippen LogP contribution in [0.3, 0.4) is 0 Å². The maximum atomic E-state index is 13.6. The van der Waals surface area contributed by atoms with Gasteiger partial charge in [-0.2, -0.15) is 5.10 Å². The zero-order valence-electron chi connectivity index (χ0n) is 39.9. The number of carboxylic acids is 1. The summed E-state index contributed by atoms with van der Waals surface area (Å²) in [7, 11) is 1.81. The number of thiazole rings is 1. The number of fused-ring (bicyclic) bond motifs is 3. The summed E-state index contributed by atoms with van der Waals surface area (Å²) >= 11 is 1.43. The normalized spacial score (nSPS) is 18.3.